The van der Waals surface area contributed by atoms with Crippen molar-refractivity contribution in [1.82, 2.24) is 14.9 Å². The summed E-state index contributed by atoms with van der Waals surface area (Å²) in [5, 5.41) is 3.57. The molecular weight excluding hydrogens is 450 g/mol. The lowest BCUT2D eigenvalue weighted by Crippen LogP contribution is -2.35. The van der Waals surface area contributed by atoms with E-state index in [4.69, 9.17) is 4.74 Å². The summed E-state index contributed by atoms with van der Waals surface area (Å²) < 4.78 is 6.83. The Morgan fingerprint density at radius 1 is 1.03 bits per heavy atom. The molecule has 1 N–H and O–H groups in total. The van der Waals surface area contributed by atoms with Crippen LogP contribution in [0.4, 0.5) is 0 Å². The van der Waals surface area contributed by atoms with Gasteiger partial charge in [-0.05, 0) is 79.5 Å². The molecule has 0 fully saturated rings. The number of rotatable bonds is 10. The number of hydrogen-bond acceptors (Lipinski definition) is 5. The number of methoxy groups -OCH3 is 1. The molecule has 0 amide bonds. The normalized spacial score (nSPS) is 13.0. The molecule has 0 spiro atoms. The Hall–Kier alpha value is -3.25. The fourth-order valence-corrected chi connectivity index (χ4v) is 4.76. The van der Waals surface area contributed by atoms with Gasteiger partial charge in [0.1, 0.15) is 0 Å². The standard InChI is InChI=1S/C30H39N3O3/c1-19(2)11-26(33-18-23(6)22(5)12-28(33)34)17-32-27(14-29(35)36-7)24-13-25(16-31-15-24)30-20(3)9-8-10-21(30)4/h8-10,12-13,15-16,18-19,26-27,32H,11,14,17H2,1-7H3. The minimum atomic E-state index is -0.300. The number of hydrogen-bond donors (Lipinski definition) is 1. The molecule has 2 aromatic heterocycles. The van der Waals surface area contributed by atoms with E-state index >= 15 is 0 Å². The molecule has 36 heavy (non-hydrogen) atoms. The number of aryl methyl sites for hydroxylation is 4. The van der Waals surface area contributed by atoms with E-state index in [0.29, 0.717) is 12.5 Å². The molecule has 192 valence electrons. The van der Waals surface area contributed by atoms with Gasteiger partial charge in [-0.25, -0.2) is 0 Å². The number of nitrogens with one attached hydrogen (secondary N) is 1. The second kappa shape index (κ2) is 12.1. The van der Waals surface area contributed by atoms with E-state index in [1.165, 1.54) is 18.2 Å². The Morgan fingerprint density at radius 3 is 2.36 bits per heavy atom. The number of benzene rings is 1. The molecule has 3 rings (SSSR count). The van der Waals surface area contributed by atoms with Crippen molar-refractivity contribution in [2.24, 2.45) is 5.92 Å². The zero-order valence-electron chi connectivity index (χ0n) is 22.6. The minimum Gasteiger partial charge on any atom is -0.469 e. The average molecular weight is 490 g/mol. The van der Waals surface area contributed by atoms with Crippen molar-refractivity contribution >= 4 is 5.97 Å². The van der Waals surface area contributed by atoms with Gasteiger partial charge in [0.2, 0.25) is 0 Å². The number of nitrogens with zero attached hydrogens (tertiary/aromatic N) is 2. The fraction of sp³-hybridized carbons (Fsp3) is 0.433. The molecule has 0 aliphatic rings. The highest BCUT2D eigenvalue weighted by Crippen LogP contribution is 2.29. The third kappa shape index (κ3) is 6.70. The van der Waals surface area contributed by atoms with Crippen molar-refractivity contribution in [1.29, 1.82) is 0 Å². The SMILES string of the molecule is COC(=O)CC(NCC(CC(C)C)n1cc(C)c(C)cc1=O)c1cncc(-c2c(C)cccc2C)c1. The molecule has 6 heteroatoms. The maximum Gasteiger partial charge on any atom is 0.307 e. The molecule has 0 radical (unpaired) electrons. The number of pyridine rings is 2. The molecule has 0 saturated heterocycles. The van der Waals surface area contributed by atoms with Crippen LogP contribution in [0, 0.1) is 33.6 Å². The summed E-state index contributed by atoms with van der Waals surface area (Å²) in [6.07, 6.45) is 6.62. The summed E-state index contributed by atoms with van der Waals surface area (Å²) in [4.78, 5) is 29.7. The van der Waals surface area contributed by atoms with Gasteiger partial charge in [0.25, 0.3) is 5.56 Å². The molecule has 2 atom stereocenters. The van der Waals surface area contributed by atoms with Crippen LogP contribution in [0.15, 0.2) is 53.7 Å². The summed E-state index contributed by atoms with van der Waals surface area (Å²) in [7, 11) is 1.40. The van der Waals surface area contributed by atoms with Crippen LogP contribution in [0.3, 0.4) is 0 Å². The van der Waals surface area contributed by atoms with Crippen molar-refractivity contribution in [2.45, 2.75) is 66.5 Å². The van der Waals surface area contributed by atoms with Crippen LogP contribution in [0.5, 0.6) is 0 Å². The van der Waals surface area contributed by atoms with Crippen LogP contribution in [-0.2, 0) is 9.53 Å². The van der Waals surface area contributed by atoms with E-state index in [1.807, 2.05) is 30.8 Å². The second-order valence-electron chi connectivity index (χ2n) is 10.2. The monoisotopic (exact) mass is 489 g/mol. The van der Waals surface area contributed by atoms with Gasteiger partial charge in [0.05, 0.1) is 13.5 Å². The van der Waals surface area contributed by atoms with E-state index in [9.17, 15) is 9.59 Å². The number of aromatic nitrogens is 2. The van der Waals surface area contributed by atoms with E-state index in [0.717, 1.165) is 34.2 Å². The predicted molar refractivity (Wildman–Crippen MR) is 145 cm³/mol. The summed E-state index contributed by atoms with van der Waals surface area (Å²) in [6.45, 7) is 13.0. The lowest BCUT2D eigenvalue weighted by Gasteiger charge is -2.26. The first-order valence-electron chi connectivity index (χ1n) is 12.6. The van der Waals surface area contributed by atoms with Crippen molar-refractivity contribution in [3.8, 4) is 11.1 Å². The van der Waals surface area contributed by atoms with E-state index < -0.39 is 0 Å². The van der Waals surface area contributed by atoms with Gasteiger partial charge < -0.3 is 14.6 Å². The van der Waals surface area contributed by atoms with E-state index in [1.54, 1.807) is 12.3 Å². The van der Waals surface area contributed by atoms with Crippen LogP contribution in [-0.4, -0.2) is 29.2 Å². The molecule has 2 unspecified atom stereocenters. The number of carbonyl (C=O) groups excluding carboxylic acids is 1. The third-order valence-electron chi connectivity index (χ3n) is 6.82. The molecular formula is C30H39N3O3. The van der Waals surface area contributed by atoms with Gasteiger partial charge >= 0.3 is 5.97 Å². The van der Waals surface area contributed by atoms with Crippen LogP contribution in [0.2, 0.25) is 0 Å². The van der Waals surface area contributed by atoms with Crippen LogP contribution >= 0.6 is 0 Å². The first kappa shape index (κ1) is 27.3. The lowest BCUT2D eigenvalue weighted by atomic mass is 9.94. The lowest BCUT2D eigenvalue weighted by molar-refractivity contribution is -0.141. The Labute approximate surface area is 214 Å². The maximum atomic E-state index is 12.9. The van der Waals surface area contributed by atoms with Gasteiger partial charge in [-0.2, -0.15) is 0 Å². The molecule has 0 saturated carbocycles. The highest BCUT2D eigenvalue weighted by Gasteiger charge is 2.22. The minimum absolute atomic E-state index is 0.00578. The Balaban J connectivity index is 1.95. The Kier molecular flexibility index (Phi) is 9.21. The number of ether oxygens (including phenoxy) is 1. The highest BCUT2D eigenvalue weighted by atomic mass is 16.5. The van der Waals surface area contributed by atoms with Crippen molar-refractivity contribution < 1.29 is 9.53 Å². The van der Waals surface area contributed by atoms with Gasteiger partial charge in [0.15, 0.2) is 0 Å². The molecule has 6 nitrogen and oxygen atoms in total. The third-order valence-corrected chi connectivity index (χ3v) is 6.82. The van der Waals surface area contributed by atoms with E-state index in [-0.39, 0.29) is 30.0 Å². The largest absolute Gasteiger partial charge is 0.469 e. The topological polar surface area (TPSA) is 73.2 Å². The summed E-state index contributed by atoms with van der Waals surface area (Å²) in [5.74, 6) is 0.104. The highest BCUT2D eigenvalue weighted by molar-refractivity contribution is 5.72. The number of esters is 1. The molecule has 0 aliphatic carbocycles. The molecule has 0 aliphatic heterocycles. The predicted octanol–water partition coefficient (Wildman–Crippen LogP) is 5.63. The van der Waals surface area contributed by atoms with Gasteiger partial charge in [0, 0.05) is 48.8 Å². The Morgan fingerprint density at radius 2 is 1.72 bits per heavy atom. The molecule has 0 bridgehead atoms. The zero-order valence-corrected chi connectivity index (χ0v) is 22.6. The Bertz CT molecular complexity index is 1240. The fourth-order valence-electron chi connectivity index (χ4n) is 4.76. The van der Waals surface area contributed by atoms with Crippen molar-refractivity contribution in [3.05, 3.63) is 87.1 Å². The zero-order chi connectivity index (χ0) is 26.4. The summed E-state index contributed by atoms with van der Waals surface area (Å²) >= 11 is 0. The maximum absolute atomic E-state index is 12.9. The van der Waals surface area contributed by atoms with Gasteiger partial charge in [-0.1, -0.05) is 32.0 Å². The van der Waals surface area contributed by atoms with Crippen molar-refractivity contribution in [2.75, 3.05) is 13.7 Å². The second-order valence-corrected chi connectivity index (χ2v) is 10.2. The van der Waals surface area contributed by atoms with Gasteiger partial charge in [-0.3, -0.25) is 14.6 Å². The number of carbonyl (C=O) groups is 1. The first-order valence-corrected chi connectivity index (χ1v) is 12.6. The first-order chi connectivity index (χ1) is 17.1. The van der Waals surface area contributed by atoms with Crippen molar-refractivity contribution in [3.63, 3.8) is 0 Å². The van der Waals surface area contributed by atoms with Crippen LogP contribution < -0.4 is 10.9 Å². The molecule has 2 heterocycles. The van der Waals surface area contributed by atoms with Crippen LogP contribution in [0.1, 0.15) is 66.6 Å². The molecule has 1 aromatic carbocycles. The van der Waals surface area contributed by atoms with Gasteiger partial charge in [-0.15, -0.1) is 0 Å². The quantitative estimate of drug-likeness (QED) is 0.374. The van der Waals surface area contributed by atoms with Crippen LogP contribution in [0.25, 0.3) is 11.1 Å². The average Bonchev–Trinajstić information content (AvgIpc) is 2.83. The summed E-state index contributed by atoms with van der Waals surface area (Å²) in [6, 6.07) is 9.69. The summed E-state index contributed by atoms with van der Waals surface area (Å²) in [5.41, 5.74) is 7.51. The molecule has 3 aromatic rings. The van der Waals surface area contributed by atoms with E-state index in [2.05, 4.69) is 62.3 Å². The smallest absolute Gasteiger partial charge is 0.307 e.